The van der Waals surface area contributed by atoms with Gasteiger partial charge in [0.25, 0.3) is 0 Å². The summed E-state index contributed by atoms with van der Waals surface area (Å²) in [6, 6.07) is 1.71. The smallest absolute Gasteiger partial charge is 0.409 e. The number of carboxylic acid groups (broad SMARTS) is 1. The fraction of sp³-hybridized carbons (Fsp3) is 0.250. The number of amides is 1. The first-order valence-electron chi connectivity index (χ1n) is 4.23. The molecule has 4 N–H and O–H groups in total. The van der Waals surface area contributed by atoms with E-state index in [2.05, 4.69) is 20.9 Å². The van der Waals surface area contributed by atoms with Gasteiger partial charge in [-0.1, -0.05) is 0 Å². The van der Waals surface area contributed by atoms with Crippen molar-refractivity contribution in [2.45, 2.75) is 0 Å². The van der Waals surface area contributed by atoms with Crippen LogP contribution in [0.25, 0.3) is 0 Å². The largest absolute Gasteiger partial charge is 0.465 e. The summed E-state index contributed by atoms with van der Waals surface area (Å²) in [5, 5.41) is 16.9. The number of hydrogen-bond donors (Lipinski definition) is 4. The van der Waals surface area contributed by atoms with E-state index in [1.54, 1.807) is 6.07 Å². The van der Waals surface area contributed by atoms with Crippen LogP contribution in [0.4, 0.5) is 22.0 Å². The molecule has 0 fully saturated rings. The van der Waals surface area contributed by atoms with Crippen molar-refractivity contribution in [3.05, 3.63) is 12.3 Å². The monoisotopic (exact) mass is 194 g/mol. The lowest BCUT2D eigenvalue weighted by atomic mass is 10.3. The second kappa shape index (κ2) is 3.41. The van der Waals surface area contributed by atoms with Gasteiger partial charge in [0.2, 0.25) is 0 Å². The van der Waals surface area contributed by atoms with E-state index in [9.17, 15) is 4.79 Å². The molecule has 6 heteroatoms. The Hall–Kier alpha value is -1.98. The molecular formula is C8H10N4O2. The standard InChI is InChI=1S/C8H10N4O2/c13-8(14)12-5-3-6-7(11-4-5)10-2-1-9-6/h3-4,9,12H,1-2H2,(H,10,11)(H,13,14). The van der Waals surface area contributed by atoms with Gasteiger partial charge in [-0.15, -0.1) is 0 Å². The lowest BCUT2D eigenvalue weighted by Crippen LogP contribution is -2.21. The average Bonchev–Trinajstić information content (AvgIpc) is 2.17. The summed E-state index contributed by atoms with van der Waals surface area (Å²) in [6.45, 7) is 1.64. The first kappa shape index (κ1) is 8.61. The predicted octanol–water partition coefficient (Wildman–Crippen LogP) is 1.01. The van der Waals surface area contributed by atoms with Gasteiger partial charge in [-0.25, -0.2) is 9.78 Å². The van der Waals surface area contributed by atoms with Crippen molar-refractivity contribution in [2.24, 2.45) is 0 Å². The van der Waals surface area contributed by atoms with Crippen LogP contribution in [0.2, 0.25) is 0 Å². The number of carbonyl (C=O) groups is 1. The highest BCUT2D eigenvalue weighted by molar-refractivity contribution is 5.84. The molecular weight excluding hydrogens is 184 g/mol. The summed E-state index contributed by atoms with van der Waals surface area (Å²) in [5.74, 6) is 0.757. The molecule has 14 heavy (non-hydrogen) atoms. The molecule has 0 aliphatic carbocycles. The van der Waals surface area contributed by atoms with E-state index in [1.165, 1.54) is 6.20 Å². The number of anilines is 3. The first-order chi connectivity index (χ1) is 6.75. The third kappa shape index (κ3) is 1.68. The fourth-order valence-electron chi connectivity index (χ4n) is 1.31. The molecule has 1 aromatic heterocycles. The van der Waals surface area contributed by atoms with Crippen LogP contribution in [0.3, 0.4) is 0 Å². The molecule has 74 valence electrons. The molecule has 1 amide bonds. The van der Waals surface area contributed by atoms with Gasteiger partial charge in [0.05, 0.1) is 17.6 Å². The van der Waals surface area contributed by atoms with E-state index in [0.717, 1.165) is 24.6 Å². The minimum absolute atomic E-state index is 0.465. The highest BCUT2D eigenvalue weighted by Gasteiger charge is 2.09. The van der Waals surface area contributed by atoms with Crippen LogP contribution in [-0.2, 0) is 0 Å². The Labute approximate surface area is 80.3 Å². The van der Waals surface area contributed by atoms with Gasteiger partial charge in [0, 0.05) is 13.1 Å². The van der Waals surface area contributed by atoms with Gasteiger partial charge in [0.1, 0.15) is 5.82 Å². The van der Waals surface area contributed by atoms with Crippen molar-refractivity contribution < 1.29 is 9.90 Å². The van der Waals surface area contributed by atoms with Crippen molar-refractivity contribution in [1.82, 2.24) is 4.98 Å². The minimum Gasteiger partial charge on any atom is -0.465 e. The molecule has 0 spiro atoms. The quantitative estimate of drug-likeness (QED) is 0.536. The SMILES string of the molecule is O=C(O)Nc1cnc2c(c1)NCCN2. The Morgan fingerprint density at radius 3 is 3.07 bits per heavy atom. The Kier molecular flexibility index (Phi) is 2.10. The van der Waals surface area contributed by atoms with Crippen molar-refractivity contribution in [2.75, 3.05) is 29.0 Å². The van der Waals surface area contributed by atoms with Crippen molar-refractivity contribution in [3.63, 3.8) is 0 Å². The summed E-state index contributed by atoms with van der Waals surface area (Å²) in [4.78, 5) is 14.4. The van der Waals surface area contributed by atoms with Gasteiger partial charge < -0.3 is 15.7 Å². The molecule has 1 aliphatic rings. The number of nitrogens with zero attached hydrogens (tertiary/aromatic N) is 1. The molecule has 0 saturated carbocycles. The van der Waals surface area contributed by atoms with E-state index in [0.29, 0.717) is 5.69 Å². The average molecular weight is 194 g/mol. The summed E-state index contributed by atoms with van der Waals surface area (Å²) < 4.78 is 0. The zero-order valence-corrected chi connectivity index (χ0v) is 7.37. The molecule has 2 rings (SSSR count). The third-order valence-electron chi connectivity index (χ3n) is 1.87. The molecule has 0 aromatic carbocycles. The van der Waals surface area contributed by atoms with Crippen LogP contribution in [0.15, 0.2) is 12.3 Å². The molecule has 2 heterocycles. The Morgan fingerprint density at radius 1 is 1.50 bits per heavy atom. The van der Waals surface area contributed by atoms with E-state index >= 15 is 0 Å². The first-order valence-corrected chi connectivity index (χ1v) is 4.23. The number of fused-ring (bicyclic) bond motifs is 1. The summed E-state index contributed by atoms with van der Waals surface area (Å²) in [6.07, 6.45) is 0.392. The van der Waals surface area contributed by atoms with Crippen LogP contribution in [0.5, 0.6) is 0 Å². The number of nitrogens with one attached hydrogen (secondary N) is 3. The normalized spacial score (nSPS) is 13.4. The Bertz CT molecular complexity index is 366. The maximum atomic E-state index is 10.4. The lowest BCUT2D eigenvalue weighted by Gasteiger charge is -2.19. The van der Waals surface area contributed by atoms with E-state index in [4.69, 9.17) is 5.11 Å². The minimum atomic E-state index is -1.09. The van der Waals surface area contributed by atoms with E-state index in [-0.39, 0.29) is 0 Å². The van der Waals surface area contributed by atoms with Crippen LogP contribution >= 0.6 is 0 Å². The Morgan fingerprint density at radius 2 is 2.29 bits per heavy atom. The molecule has 0 atom stereocenters. The molecule has 0 radical (unpaired) electrons. The van der Waals surface area contributed by atoms with Crippen LogP contribution < -0.4 is 16.0 Å². The summed E-state index contributed by atoms with van der Waals surface area (Å²) in [7, 11) is 0. The van der Waals surface area contributed by atoms with Gasteiger partial charge in [-0.3, -0.25) is 5.32 Å². The van der Waals surface area contributed by atoms with Gasteiger partial charge in [-0.05, 0) is 6.07 Å². The van der Waals surface area contributed by atoms with E-state index in [1.807, 2.05) is 0 Å². The fourth-order valence-corrected chi connectivity index (χ4v) is 1.31. The Balaban J connectivity index is 2.24. The van der Waals surface area contributed by atoms with Crippen LogP contribution in [-0.4, -0.2) is 29.3 Å². The van der Waals surface area contributed by atoms with Gasteiger partial charge >= 0.3 is 6.09 Å². The number of hydrogen-bond acceptors (Lipinski definition) is 4. The molecule has 6 nitrogen and oxygen atoms in total. The van der Waals surface area contributed by atoms with Crippen molar-refractivity contribution in [3.8, 4) is 0 Å². The van der Waals surface area contributed by atoms with Crippen molar-refractivity contribution >= 4 is 23.3 Å². The second-order valence-electron chi connectivity index (χ2n) is 2.90. The zero-order valence-electron chi connectivity index (χ0n) is 7.37. The lowest BCUT2D eigenvalue weighted by molar-refractivity contribution is 0.209. The molecule has 1 aliphatic heterocycles. The third-order valence-corrected chi connectivity index (χ3v) is 1.87. The zero-order chi connectivity index (χ0) is 9.97. The topological polar surface area (TPSA) is 86.3 Å². The number of pyridine rings is 1. The van der Waals surface area contributed by atoms with Crippen molar-refractivity contribution in [1.29, 1.82) is 0 Å². The maximum absolute atomic E-state index is 10.4. The summed E-state index contributed by atoms with van der Waals surface area (Å²) in [5.41, 5.74) is 1.29. The highest BCUT2D eigenvalue weighted by Crippen LogP contribution is 2.24. The summed E-state index contributed by atoms with van der Waals surface area (Å²) >= 11 is 0. The van der Waals surface area contributed by atoms with Gasteiger partial charge in [-0.2, -0.15) is 0 Å². The number of rotatable bonds is 1. The number of aromatic nitrogens is 1. The van der Waals surface area contributed by atoms with Gasteiger partial charge in [0.15, 0.2) is 0 Å². The van der Waals surface area contributed by atoms with E-state index < -0.39 is 6.09 Å². The van der Waals surface area contributed by atoms with Crippen LogP contribution in [0, 0.1) is 0 Å². The maximum Gasteiger partial charge on any atom is 0.409 e. The molecule has 1 aromatic rings. The molecule has 0 bridgehead atoms. The molecule has 0 saturated heterocycles. The second-order valence-corrected chi connectivity index (χ2v) is 2.90. The predicted molar refractivity (Wildman–Crippen MR) is 52.9 cm³/mol. The van der Waals surface area contributed by atoms with Crippen LogP contribution in [0.1, 0.15) is 0 Å². The highest BCUT2D eigenvalue weighted by atomic mass is 16.4. The molecule has 0 unspecified atom stereocenters.